The Kier molecular flexibility index (Phi) is 3.87. The average molecular weight is 260 g/mol. The number of aryl methyl sites for hydroxylation is 3. The third-order valence-electron chi connectivity index (χ3n) is 2.71. The zero-order chi connectivity index (χ0) is 13.1. The van der Waals surface area contributed by atoms with Gasteiger partial charge in [-0.2, -0.15) is 0 Å². The molecule has 1 N–H and O–H groups in total. The minimum absolute atomic E-state index is 0.0920. The van der Waals surface area contributed by atoms with Crippen LogP contribution >= 0.6 is 11.8 Å². The highest BCUT2D eigenvalue weighted by Crippen LogP contribution is 2.21. The highest BCUT2D eigenvalue weighted by Gasteiger charge is 2.03. The van der Waals surface area contributed by atoms with Crippen LogP contribution in [0.4, 0.5) is 0 Å². The molecule has 1 aromatic carbocycles. The minimum Gasteiger partial charge on any atom is -0.301 e. The summed E-state index contributed by atoms with van der Waals surface area (Å²) in [6, 6.07) is 7.91. The Morgan fingerprint density at radius 1 is 1.22 bits per heavy atom. The third kappa shape index (κ3) is 3.23. The van der Waals surface area contributed by atoms with Crippen LogP contribution in [0.5, 0.6) is 0 Å². The zero-order valence-corrected chi connectivity index (χ0v) is 11.6. The fraction of sp³-hybridized carbons (Fsp3) is 0.286. The van der Waals surface area contributed by atoms with E-state index in [1.54, 1.807) is 11.8 Å². The summed E-state index contributed by atoms with van der Waals surface area (Å²) in [5, 5.41) is 0.681. The second-order valence-electron chi connectivity index (χ2n) is 4.41. The molecule has 0 bridgehead atoms. The van der Waals surface area contributed by atoms with Gasteiger partial charge in [0.25, 0.3) is 5.56 Å². The predicted molar refractivity (Wildman–Crippen MR) is 75.1 cm³/mol. The summed E-state index contributed by atoms with van der Waals surface area (Å²) in [7, 11) is 0. The molecular weight excluding hydrogens is 244 g/mol. The number of hydrogen-bond acceptors (Lipinski definition) is 3. The molecule has 1 heterocycles. The normalized spacial score (nSPS) is 10.6. The standard InChI is InChI=1S/C14H16N2OS/c1-9-4-5-12(10(2)6-9)8-18-14-15-11(3)7-13(17)16-14/h4-7H,8H2,1-3H3,(H,15,16,17). The largest absolute Gasteiger partial charge is 0.301 e. The maximum absolute atomic E-state index is 11.3. The molecule has 0 spiro atoms. The van der Waals surface area contributed by atoms with Crippen molar-refractivity contribution < 1.29 is 0 Å². The van der Waals surface area contributed by atoms with Crippen LogP contribution in [-0.2, 0) is 5.75 Å². The van der Waals surface area contributed by atoms with E-state index < -0.39 is 0 Å². The number of aromatic nitrogens is 2. The SMILES string of the molecule is Cc1ccc(CSc2nc(C)cc(=O)[nH]2)c(C)c1. The molecule has 18 heavy (non-hydrogen) atoms. The molecule has 0 aliphatic carbocycles. The lowest BCUT2D eigenvalue weighted by molar-refractivity contribution is 0.905. The molecule has 2 aromatic rings. The van der Waals surface area contributed by atoms with Crippen molar-refractivity contribution in [2.24, 2.45) is 0 Å². The third-order valence-corrected chi connectivity index (χ3v) is 3.63. The Labute approximate surface area is 111 Å². The molecule has 0 atom stereocenters. The molecule has 0 saturated heterocycles. The van der Waals surface area contributed by atoms with Crippen molar-refractivity contribution >= 4 is 11.8 Å². The molecule has 0 aliphatic rings. The molecule has 0 fully saturated rings. The summed E-state index contributed by atoms with van der Waals surface area (Å²) >= 11 is 1.56. The summed E-state index contributed by atoms with van der Waals surface area (Å²) in [6.07, 6.45) is 0. The molecule has 1 aromatic heterocycles. The van der Waals surface area contributed by atoms with Gasteiger partial charge in [-0.25, -0.2) is 4.98 Å². The van der Waals surface area contributed by atoms with Crippen LogP contribution in [0.1, 0.15) is 22.4 Å². The van der Waals surface area contributed by atoms with Gasteiger partial charge < -0.3 is 4.98 Å². The van der Waals surface area contributed by atoms with Gasteiger partial charge in [0.15, 0.2) is 5.16 Å². The molecule has 0 amide bonds. The molecule has 3 nitrogen and oxygen atoms in total. The first kappa shape index (κ1) is 12.9. The van der Waals surface area contributed by atoms with E-state index in [1.807, 2.05) is 6.92 Å². The van der Waals surface area contributed by atoms with Gasteiger partial charge in [-0.3, -0.25) is 4.79 Å². The van der Waals surface area contributed by atoms with E-state index in [9.17, 15) is 4.79 Å². The number of benzene rings is 1. The summed E-state index contributed by atoms with van der Waals surface area (Å²) in [5.74, 6) is 0.818. The van der Waals surface area contributed by atoms with E-state index in [0.717, 1.165) is 11.4 Å². The Morgan fingerprint density at radius 2 is 2.00 bits per heavy atom. The van der Waals surface area contributed by atoms with Gasteiger partial charge in [-0.05, 0) is 31.9 Å². The van der Waals surface area contributed by atoms with E-state index in [-0.39, 0.29) is 5.56 Å². The van der Waals surface area contributed by atoms with Crippen molar-refractivity contribution in [1.29, 1.82) is 0 Å². The number of rotatable bonds is 3. The lowest BCUT2D eigenvalue weighted by Crippen LogP contribution is -2.08. The van der Waals surface area contributed by atoms with E-state index in [4.69, 9.17) is 0 Å². The van der Waals surface area contributed by atoms with Crippen molar-refractivity contribution in [3.8, 4) is 0 Å². The lowest BCUT2D eigenvalue weighted by Gasteiger charge is -2.06. The van der Waals surface area contributed by atoms with Gasteiger partial charge in [-0.15, -0.1) is 0 Å². The molecule has 0 unspecified atom stereocenters. The predicted octanol–water partition coefficient (Wildman–Crippen LogP) is 2.99. The number of H-pyrrole nitrogens is 1. The molecule has 2 rings (SSSR count). The van der Waals surface area contributed by atoms with Crippen LogP contribution in [0.3, 0.4) is 0 Å². The van der Waals surface area contributed by atoms with Crippen molar-refractivity contribution in [2.75, 3.05) is 0 Å². The van der Waals surface area contributed by atoms with Crippen molar-refractivity contribution in [2.45, 2.75) is 31.7 Å². The van der Waals surface area contributed by atoms with Crippen molar-refractivity contribution in [1.82, 2.24) is 9.97 Å². The van der Waals surface area contributed by atoms with Crippen LogP contribution in [0, 0.1) is 20.8 Å². The maximum Gasteiger partial charge on any atom is 0.251 e. The van der Waals surface area contributed by atoms with Gasteiger partial charge >= 0.3 is 0 Å². The number of aromatic amines is 1. The molecule has 94 valence electrons. The zero-order valence-electron chi connectivity index (χ0n) is 10.8. The summed E-state index contributed by atoms with van der Waals surface area (Å²) < 4.78 is 0. The van der Waals surface area contributed by atoms with Crippen molar-refractivity contribution in [3.63, 3.8) is 0 Å². The molecular formula is C14H16N2OS. The monoisotopic (exact) mass is 260 g/mol. The fourth-order valence-electron chi connectivity index (χ4n) is 1.77. The number of hydrogen-bond donors (Lipinski definition) is 1. The van der Waals surface area contributed by atoms with Gasteiger partial charge in [-0.1, -0.05) is 35.5 Å². The van der Waals surface area contributed by atoms with Crippen LogP contribution < -0.4 is 5.56 Å². The Morgan fingerprint density at radius 3 is 2.67 bits per heavy atom. The highest BCUT2D eigenvalue weighted by atomic mass is 32.2. The number of nitrogens with one attached hydrogen (secondary N) is 1. The van der Waals surface area contributed by atoms with Crippen LogP contribution in [0.2, 0.25) is 0 Å². The molecule has 0 aliphatic heterocycles. The second kappa shape index (κ2) is 5.40. The first-order valence-electron chi connectivity index (χ1n) is 5.81. The summed E-state index contributed by atoms with van der Waals surface area (Å²) in [6.45, 7) is 6.02. The Hall–Kier alpha value is -1.55. The fourth-order valence-corrected chi connectivity index (χ4v) is 2.77. The van der Waals surface area contributed by atoms with Gasteiger partial charge in [0.1, 0.15) is 0 Å². The van der Waals surface area contributed by atoms with Crippen LogP contribution in [-0.4, -0.2) is 9.97 Å². The second-order valence-corrected chi connectivity index (χ2v) is 5.37. The van der Waals surface area contributed by atoms with Crippen molar-refractivity contribution in [3.05, 3.63) is 57.0 Å². The maximum atomic E-state index is 11.3. The minimum atomic E-state index is -0.0920. The lowest BCUT2D eigenvalue weighted by atomic mass is 10.1. The van der Waals surface area contributed by atoms with Crippen LogP contribution in [0.25, 0.3) is 0 Å². The molecule has 0 saturated carbocycles. The summed E-state index contributed by atoms with van der Waals surface area (Å²) in [4.78, 5) is 18.4. The number of thioether (sulfide) groups is 1. The van der Waals surface area contributed by atoms with Crippen LogP contribution in [0.15, 0.2) is 34.2 Å². The van der Waals surface area contributed by atoms with Gasteiger partial charge in [0.2, 0.25) is 0 Å². The molecule has 0 radical (unpaired) electrons. The van der Waals surface area contributed by atoms with E-state index >= 15 is 0 Å². The molecule has 4 heteroatoms. The highest BCUT2D eigenvalue weighted by molar-refractivity contribution is 7.98. The smallest absolute Gasteiger partial charge is 0.251 e. The first-order valence-corrected chi connectivity index (χ1v) is 6.80. The first-order chi connectivity index (χ1) is 8.54. The van der Waals surface area contributed by atoms with Gasteiger partial charge in [0.05, 0.1) is 0 Å². The topological polar surface area (TPSA) is 45.8 Å². The van der Waals surface area contributed by atoms with E-state index in [1.165, 1.54) is 22.8 Å². The quantitative estimate of drug-likeness (QED) is 0.681. The Bertz CT molecular complexity index is 619. The number of nitrogens with zero attached hydrogens (tertiary/aromatic N) is 1. The van der Waals surface area contributed by atoms with E-state index in [2.05, 4.69) is 42.0 Å². The average Bonchev–Trinajstić information content (AvgIpc) is 2.26. The van der Waals surface area contributed by atoms with E-state index in [0.29, 0.717) is 5.16 Å². The summed E-state index contributed by atoms with van der Waals surface area (Å²) in [5.41, 5.74) is 4.48. The Balaban J connectivity index is 2.13. The van der Waals surface area contributed by atoms with Gasteiger partial charge in [0, 0.05) is 17.5 Å².